The van der Waals surface area contributed by atoms with Gasteiger partial charge in [-0.05, 0) is 36.8 Å². The van der Waals surface area contributed by atoms with Crippen LogP contribution in [0.15, 0.2) is 42.6 Å². The zero-order valence-corrected chi connectivity index (χ0v) is 16.5. The number of amides is 2. The number of hydrogen-bond donors (Lipinski definition) is 3. The Morgan fingerprint density at radius 2 is 1.83 bits per heavy atom. The summed E-state index contributed by atoms with van der Waals surface area (Å²) in [7, 11) is 0. The lowest BCUT2D eigenvalue weighted by atomic mass is 10.0. The normalized spacial score (nSPS) is 13.2. The molecule has 0 saturated heterocycles. The van der Waals surface area contributed by atoms with E-state index in [1.165, 1.54) is 12.1 Å². The molecule has 0 unspecified atom stereocenters. The number of pyridine rings is 1. The van der Waals surface area contributed by atoms with E-state index in [4.69, 9.17) is 16.7 Å². The monoisotopic (exact) mass is 445 g/mol. The fourth-order valence-electron chi connectivity index (χ4n) is 2.50. The lowest BCUT2D eigenvalue weighted by Crippen LogP contribution is -2.48. The largest absolute Gasteiger partial charge is 0.483 e. The number of carbonyl (C=O) groups excluding carboxylic acids is 1. The van der Waals surface area contributed by atoms with Crippen molar-refractivity contribution in [2.75, 3.05) is 6.61 Å². The Morgan fingerprint density at radius 3 is 2.37 bits per heavy atom. The third-order valence-electron chi connectivity index (χ3n) is 3.93. The van der Waals surface area contributed by atoms with Crippen LogP contribution in [0.4, 0.5) is 18.0 Å². The molecule has 0 saturated carbocycles. The van der Waals surface area contributed by atoms with Crippen LogP contribution in [0.3, 0.4) is 0 Å². The average Bonchev–Trinajstić information content (AvgIpc) is 2.67. The van der Waals surface area contributed by atoms with E-state index >= 15 is 0 Å². The molecule has 1 aromatic carbocycles. The molecular weight excluding hydrogens is 427 g/mol. The Hall–Kier alpha value is -3.01. The molecular formula is C19H19ClF3N3O4. The lowest BCUT2D eigenvalue weighted by Gasteiger charge is -2.20. The van der Waals surface area contributed by atoms with Gasteiger partial charge in [0.05, 0.1) is 17.9 Å². The standard InChI is InChI=1S/C19H19ClF3N3O4/c1-11(15-7-6-14(9-24-15)30-10-19(21,22)23)25-17(27)16(26-18(28)29)8-12-2-4-13(20)5-3-12/h2-7,9,11,16,26H,8,10H2,1H3,(H,25,27)(H,28,29)/t11-,16-/m1/s1. The van der Waals surface area contributed by atoms with E-state index in [0.29, 0.717) is 16.3 Å². The van der Waals surface area contributed by atoms with Crippen molar-refractivity contribution in [3.05, 3.63) is 58.9 Å². The quantitative estimate of drug-likeness (QED) is 0.575. The highest BCUT2D eigenvalue weighted by atomic mass is 35.5. The summed E-state index contributed by atoms with van der Waals surface area (Å²) in [5.74, 6) is -0.651. The van der Waals surface area contributed by atoms with Gasteiger partial charge in [0.2, 0.25) is 5.91 Å². The summed E-state index contributed by atoms with van der Waals surface area (Å²) >= 11 is 5.82. The molecule has 0 spiro atoms. The predicted octanol–water partition coefficient (Wildman–Crippen LogP) is 3.73. The molecule has 7 nitrogen and oxygen atoms in total. The number of hydrogen-bond acceptors (Lipinski definition) is 4. The van der Waals surface area contributed by atoms with Crippen molar-refractivity contribution in [2.45, 2.75) is 31.6 Å². The average molecular weight is 446 g/mol. The first-order valence-corrected chi connectivity index (χ1v) is 9.11. The van der Waals surface area contributed by atoms with Gasteiger partial charge in [0.25, 0.3) is 0 Å². The maximum Gasteiger partial charge on any atom is 0.422 e. The summed E-state index contributed by atoms with van der Waals surface area (Å²) in [6.45, 7) is 0.171. The van der Waals surface area contributed by atoms with Crippen molar-refractivity contribution in [2.24, 2.45) is 0 Å². The molecule has 3 N–H and O–H groups in total. The molecule has 0 aliphatic carbocycles. The van der Waals surface area contributed by atoms with Gasteiger partial charge < -0.3 is 20.5 Å². The molecule has 2 amide bonds. The Morgan fingerprint density at radius 1 is 1.17 bits per heavy atom. The van der Waals surface area contributed by atoms with E-state index in [2.05, 4.69) is 20.4 Å². The van der Waals surface area contributed by atoms with Crippen molar-refractivity contribution in [3.63, 3.8) is 0 Å². The number of halogens is 4. The van der Waals surface area contributed by atoms with Crippen molar-refractivity contribution in [3.8, 4) is 5.75 Å². The number of carbonyl (C=O) groups is 2. The zero-order chi connectivity index (χ0) is 22.3. The molecule has 1 heterocycles. The topological polar surface area (TPSA) is 101 Å². The Labute approximate surface area is 175 Å². The van der Waals surface area contributed by atoms with E-state index in [-0.39, 0.29) is 12.2 Å². The summed E-state index contributed by atoms with van der Waals surface area (Å²) in [5, 5.41) is 14.3. The molecule has 0 aliphatic heterocycles. The minimum absolute atomic E-state index is 0.0669. The smallest absolute Gasteiger partial charge is 0.422 e. The summed E-state index contributed by atoms with van der Waals surface area (Å²) in [4.78, 5) is 27.6. The van der Waals surface area contributed by atoms with Gasteiger partial charge in [-0.3, -0.25) is 9.78 Å². The molecule has 11 heteroatoms. The number of rotatable bonds is 8. The van der Waals surface area contributed by atoms with Gasteiger partial charge >= 0.3 is 12.3 Å². The number of nitrogens with one attached hydrogen (secondary N) is 2. The third kappa shape index (κ3) is 7.78. The zero-order valence-electron chi connectivity index (χ0n) is 15.7. The summed E-state index contributed by atoms with van der Waals surface area (Å²) < 4.78 is 41.1. The molecule has 162 valence electrons. The maximum atomic E-state index is 12.6. The van der Waals surface area contributed by atoms with Crippen molar-refractivity contribution in [1.82, 2.24) is 15.6 Å². The van der Waals surface area contributed by atoms with Gasteiger partial charge in [-0.1, -0.05) is 23.7 Å². The summed E-state index contributed by atoms with van der Waals surface area (Å²) in [5.41, 5.74) is 1.06. The minimum Gasteiger partial charge on any atom is -0.483 e. The van der Waals surface area contributed by atoms with Gasteiger partial charge in [-0.25, -0.2) is 4.79 Å². The van der Waals surface area contributed by atoms with Crippen molar-refractivity contribution < 1.29 is 32.6 Å². The van der Waals surface area contributed by atoms with Crippen molar-refractivity contribution in [1.29, 1.82) is 0 Å². The fourth-order valence-corrected chi connectivity index (χ4v) is 2.63. The second-order valence-corrected chi connectivity index (χ2v) is 6.82. The summed E-state index contributed by atoms with van der Waals surface area (Å²) in [6.07, 6.45) is -4.61. The van der Waals surface area contributed by atoms with E-state index < -0.39 is 36.9 Å². The molecule has 0 aliphatic rings. The second kappa shape index (κ2) is 10.1. The Balaban J connectivity index is 2.01. The highest BCUT2D eigenvalue weighted by molar-refractivity contribution is 6.30. The number of benzene rings is 1. The minimum atomic E-state index is -4.46. The SMILES string of the molecule is C[C@@H](NC(=O)[C@@H](Cc1ccc(Cl)cc1)NC(=O)O)c1ccc(OCC(F)(F)F)cn1. The maximum absolute atomic E-state index is 12.6. The fraction of sp³-hybridized carbons (Fsp3) is 0.316. The van der Waals surface area contributed by atoms with Crippen LogP contribution in [0.2, 0.25) is 5.02 Å². The Bertz CT molecular complexity index is 861. The van der Waals surface area contributed by atoms with Crippen LogP contribution in [0.5, 0.6) is 5.75 Å². The number of nitrogens with zero attached hydrogens (tertiary/aromatic N) is 1. The van der Waals surface area contributed by atoms with Crippen LogP contribution >= 0.6 is 11.6 Å². The van der Waals surface area contributed by atoms with Crippen LogP contribution in [0.25, 0.3) is 0 Å². The van der Waals surface area contributed by atoms with Crippen LogP contribution in [-0.2, 0) is 11.2 Å². The molecule has 0 bridgehead atoms. The number of carboxylic acid groups (broad SMARTS) is 1. The number of alkyl halides is 3. The van der Waals surface area contributed by atoms with Gasteiger partial charge in [0.1, 0.15) is 11.8 Å². The second-order valence-electron chi connectivity index (χ2n) is 6.39. The molecule has 2 rings (SSSR count). The Kier molecular flexibility index (Phi) is 7.87. The van der Waals surface area contributed by atoms with E-state index in [9.17, 15) is 22.8 Å². The molecule has 30 heavy (non-hydrogen) atoms. The van der Waals surface area contributed by atoms with Crippen LogP contribution in [0, 0.1) is 0 Å². The van der Waals surface area contributed by atoms with Gasteiger partial charge in [0, 0.05) is 11.4 Å². The third-order valence-corrected chi connectivity index (χ3v) is 4.18. The molecule has 2 atom stereocenters. The van der Waals surface area contributed by atoms with Gasteiger partial charge in [-0.2, -0.15) is 13.2 Å². The molecule has 0 radical (unpaired) electrons. The molecule has 0 fully saturated rings. The van der Waals surface area contributed by atoms with Gasteiger partial charge in [-0.15, -0.1) is 0 Å². The van der Waals surface area contributed by atoms with Crippen LogP contribution in [0.1, 0.15) is 24.2 Å². The lowest BCUT2D eigenvalue weighted by molar-refractivity contribution is -0.153. The van der Waals surface area contributed by atoms with E-state index in [0.717, 1.165) is 6.20 Å². The highest BCUT2D eigenvalue weighted by Gasteiger charge is 2.28. The number of aromatic nitrogens is 1. The molecule has 2 aromatic rings. The first-order valence-electron chi connectivity index (χ1n) is 8.73. The highest BCUT2D eigenvalue weighted by Crippen LogP contribution is 2.19. The van der Waals surface area contributed by atoms with E-state index in [1.807, 2.05) is 0 Å². The van der Waals surface area contributed by atoms with Gasteiger partial charge in [0.15, 0.2) is 6.61 Å². The first-order chi connectivity index (χ1) is 14.0. The van der Waals surface area contributed by atoms with Crippen molar-refractivity contribution >= 4 is 23.6 Å². The molecule has 1 aromatic heterocycles. The number of ether oxygens (including phenoxy) is 1. The predicted molar refractivity (Wildman–Crippen MR) is 102 cm³/mol. The summed E-state index contributed by atoms with van der Waals surface area (Å²) in [6, 6.07) is 7.63. The van der Waals surface area contributed by atoms with Crippen LogP contribution < -0.4 is 15.4 Å². The van der Waals surface area contributed by atoms with Crippen LogP contribution in [-0.4, -0.2) is 40.9 Å². The first kappa shape index (κ1) is 23.3. The van der Waals surface area contributed by atoms with E-state index in [1.54, 1.807) is 31.2 Å².